The van der Waals surface area contributed by atoms with E-state index in [0.29, 0.717) is 11.3 Å². The van der Waals surface area contributed by atoms with E-state index in [-0.39, 0.29) is 24.0 Å². The van der Waals surface area contributed by atoms with Crippen molar-refractivity contribution in [2.45, 2.75) is 19.6 Å². The van der Waals surface area contributed by atoms with E-state index in [4.69, 9.17) is 4.74 Å². The first-order valence-corrected chi connectivity index (χ1v) is 6.55. The molecule has 0 aliphatic heterocycles. The van der Waals surface area contributed by atoms with E-state index >= 15 is 0 Å². The van der Waals surface area contributed by atoms with Crippen molar-refractivity contribution in [2.75, 3.05) is 7.05 Å². The smallest absolute Gasteiger partial charge is 0.165 e. The average molecular weight is 295 g/mol. The van der Waals surface area contributed by atoms with Gasteiger partial charge < -0.3 is 10.1 Å². The van der Waals surface area contributed by atoms with Crippen molar-refractivity contribution >= 4 is 0 Å². The number of ether oxygens (including phenoxy) is 1. The van der Waals surface area contributed by atoms with Crippen LogP contribution in [-0.2, 0) is 6.61 Å². The van der Waals surface area contributed by atoms with Crippen LogP contribution in [0.4, 0.5) is 13.2 Å². The molecule has 2 aromatic rings. The zero-order chi connectivity index (χ0) is 15.4. The van der Waals surface area contributed by atoms with Gasteiger partial charge >= 0.3 is 0 Å². The summed E-state index contributed by atoms with van der Waals surface area (Å²) in [5, 5.41) is 2.99. The van der Waals surface area contributed by atoms with Gasteiger partial charge in [-0.3, -0.25) is 0 Å². The fourth-order valence-corrected chi connectivity index (χ4v) is 1.96. The van der Waals surface area contributed by atoms with Crippen molar-refractivity contribution in [3.63, 3.8) is 0 Å². The molecule has 0 fully saturated rings. The minimum absolute atomic E-state index is 0.113. The van der Waals surface area contributed by atoms with Gasteiger partial charge in [-0.15, -0.1) is 0 Å². The molecule has 2 nitrogen and oxygen atoms in total. The first-order chi connectivity index (χ1) is 10.0. The number of rotatable bonds is 5. The lowest BCUT2D eigenvalue weighted by Gasteiger charge is -2.17. The summed E-state index contributed by atoms with van der Waals surface area (Å²) >= 11 is 0. The fraction of sp³-hybridized carbons (Fsp3) is 0.250. The maximum absolute atomic E-state index is 13.6. The largest absolute Gasteiger partial charge is 0.488 e. The van der Waals surface area contributed by atoms with Crippen molar-refractivity contribution in [1.82, 2.24) is 5.32 Å². The molecule has 0 heterocycles. The number of halogens is 3. The van der Waals surface area contributed by atoms with E-state index in [2.05, 4.69) is 5.32 Å². The molecule has 1 N–H and O–H groups in total. The zero-order valence-corrected chi connectivity index (χ0v) is 11.8. The Hall–Kier alpha value is -2.01. The summed E-state index contributed by atoms with van der Waals surface area (Å²) in [6.45, 7) is 1.73. The van der Waals surface area contributed by atoms with Gasteiger partial charge in [0.2, 0.25) is 0 Å². The Labute approximate surface area is 121 Å². The molecule has 5 heteroatoms. The van der Waals surface area contributed by atoms with Gasteiger partial charge in [0.15, 0.2) is 11.6 Å². The Morgan fingerprint density at radius 2 is 1.90 bits per heavy atom. The van der Waals surface area contributed by atoms with Crippen LogP contribution in [0, 0.1) is 17.5 Å². The molecule has 0 saturated heterocycles. The summed E-state index contributed by atoms with van der Waals surface area (Å²) in [7, 11) is 1.74. The lowest BCUT2D eigenvalue weighted by molar-refractivity contribution is 0.291. The third-order valence-electron chi connectivity index (χ3n) is 3.29. The molecular formula is C16H16F3NO. The van der Waals surface area contributed by atoms with Gasteiger partial charge in [0.05, 0.1) is 0 Å². The molecule has 0 spiro atoms. The second-order valence-electron chi connectivity index (χ2n) is 4.69. The Morgan fingerprint density at radius 1 is 1.14 bits per heavy atom. The van der Waals surface area contributed by atoms with Crippen LogP contribution in [0.3, 0.4) is 0 Å². The van der Waals surface area contributed by atoms with E-state index < -0.39 is 11.6 Å². The summed E-state index contributed by atoms with van der Waals surface area (Å²) < 4.78 is 45.6. The van der Waals surface area contributed by atoms with Crippen molar-refractivity contribution < 1.29 is 17.9 Å². The van der Waals surface area contributed by atoms with Gasteiger partial charge in [-0.05, 0) is 38.2 Å². The Balaban J connectivity index is 2.22. The summed E-state index contributed by atoms with van der Waals surface area (Å²) in [5.74, 6) is -1.79. The number of hydrogen-bond acceptors (Lipinski definition) is 2. The zero-order valence-electron chi connectivity index (χ0n) is 11.8. The minimum Gasteiger partial charge on any atom is -0.488 e. The van der Waals surface area contributed by atoms with Gasteiger partial charge in [0, 0.05) is 17.2 Å². The highest BCUT2D eigenvalue weighted by molar-refractivity contribution is 5.36. The quantitative estimate of drug-likeness (QED) is 0.901. The summed E-state index contributed by atoms with van der Waals surface area (Å²) in [4.78, 5) is 0. The van der Waals surface area contributed by atoms with Crippen LogP contribution >= 0.6 is 0 Å². The Bertz CT molecular complexity index is 631. The molecule has 0 aromatic heterocycles. The van der Waals surface area contributed by atoms with E-state index in [9.17, 15) is 13.2 Å². The molecule has 1 atom stereocenters. The molecule has 0 aliphatic rings. The topological polar surface area (TPSA) is 21.3 Å². The van der Waals surface area contributed by atoms with Crippen LogP contribution in [0.2, 0.25) is 0 Å². The highest BCUT2D eigenvalue weighted by Crippen LogP contribution is 2.27. The molecule has 112 valence electrons. The maximum Gasteiger partial charge on any atom is 0.165 e. The highest BCUT2D eigenvalue weighted by atomic mass is 19.2. The van der Waals surface area contributed by atoms with Crippen LogP contribution in [0.1, 0.15) is 24.1 Å². The van der Waals surface area contributed by atoms with E-state index in [1.54, 1.807) is 7.05 Å². The van der Waals surface area contributed by atoms with Crippen molar-refractivity contribution in [1.29, 1.82) is 0 Å². The Kier molecular flexibility index (Phi) is 4.85. The second kappa shape index (κ2) is 6.63. The molecule has 2 rings (SSSR count). The van der Waals surface area contributed by atoms with Gasteiger partial charge in [0.25, 0.3) is 0 Å². The number of nitrogens with one attached hydrogen (secondary N) is 1. The Morgan fingerprint density at radius 3 is 2.62 bits per heavy atom. The summed E-state index contributed by atoms with van der Waals surface area (Å²) in [5.41, 5.74) is 0.733. The maximum atomic E-state index is 13.6. The van der Waals surface area contributed by atoms with Crippen LogP contribution in [0.15, 0.2) is 36.4 Å². The SMILES string of the molecule is CNC(C)c1cc(F)ccc1OCc1cccc(F)c1F. The normalized spacial score (nSPS) is 12.2. The monoisotopic (exact) mass is 295 g/mol. The third-order valence-corrected chi connectivity index (χ3v) is 3.29. The van der Waals surface area contributed by atoms with E-state index in [1.165, 1.54) is 30.3 Å². The fourth-order valence-electron chi connectivity index (χ4n) is 1.96. The lowest BCUT2D eigenvalue weighted by atomic mass is 10.1. The molecule has 21 heavy (non-hydrogen) atoms. The predicted molar refractivity (Wildman–Crippen MR) is 74.6 cm³/mol. The molecule has 0 bridgehead atoms. The van der Waals surface area contributed by atoms with Gasteiger partial charge in [-0.1, -0.05) is 12.1 Å². The van der Waals surface area contributed by atoms with Crippen LogP contribution in [0.25, 0.3) is 0 Å². The first kappa shape index (κ1) is 15.4. The molecular weight excluding hydrogens is 279 g/mol. The van der Waals surface area contributed by atoms with Crippen molar-refractivity contribution in [2.24, 2.45) is 0 Å². The van der Waals surface area contributed by atoms with Gasteiger partial charge in [-0.2, -0.15) is 0 Å². The minimum atomic E-state index is -0.928. The third kappa shape index (κ3) is 3.55. The number of benzene rings is 2. The molecule has 2 aromatic carbocycles. The van der Waals surface area contributed by atoms with Gasteiger partial charge in [0.1, 0.15) is 18.2 Å². The first-order valence-electron chi connectivity index (χ1n) is 6.55. The molecule has 1 unspecified atom stereocenters. The van der Waals surface area contributed by atoms with E-state index in [0.717, 1.165) is 6.07 Å². The molecule has 0 radical (unpaired) electrons. The molecule has 0 amide bonds. The molecule has 0 saturated carbocycles. The van der Waals surface area contributed by atoms with Crippen molar-refractivity contribution in [3.05, 3.63) is 65.0 Å². The van der Waals surface area contributed by atoms with Crippen LogP contribution in [-0.4, -0.2) is 7.05 Å². The highest BCUT2D eigenvalue weighted by Gasteiger charge is 2.13. The van der Waals surface area contributed by atoms with Crippen LogP contribution in [0.5, 0.6) is 5.75 Å². The second-order valence-corrected chi connectivity index (χ2v) is 4.69. The average Bonchev–Trinajstić information content (AvgIpc) is 2.49. The predicted octanol–water partition coefficient (Wildman–Crippen LogP) is 3.96. The lowest BCUT2D eigenvalue weighted by Crippen LogP contribution is -2.14. The van der Waals surface area contributed by atoms with Crippen LogP contribution < -0.4 is 10.1 Å². The van der Waals surface area contributed by atoms with Gasteiger partial charge in [-0.25, -0.2) is 13.2 Å². The number of hydrogen-bond donors (Lipinski definition) is 1. The molecule has 0 aliphatic carbocycles. The standard InChI is InChI=1S/C16H16F3NO/c1-10(20-2)13-8-12(17)6-7-15(13)21-9-11-4-3-5-14(18)16(11)19/h3-8,10,20H,9H2,1-2H3. The van der Waals surface area contributed by atoms with Crippen molar-refractivity contribution in [3.8, 4) is 5.75 Å². The summed E-state index contributed by atoms with van der Waals surface area (Å²) in [6, 6.07) is 7.89. The summed E-state index contributed by atoms with van der Waals surface area (Å²) in [6.07, 6.45) is 0. The van der Waals surface area contributed by atoms with E-state index in [1.807, 2.05) is 6.92 Å².